The number of carbonyl (C=O) groups is 1. The van der Waals surface area contributed by atoms with E-state index in [2.05, 4.69) is 28.2 Å². The van der Waals surface area contributed by atoms with Crippen molar-refractivity contribution in [3.8, 4) is 0 Å². The number of nitrogens with zero attached hydrogens (tertiary/aromatic N) is 4. The molecular weight excluding hydrogens is 388 g/mol. The van der Waals surface area contributed by atoms with Gasteiger partial charge in [0.05, 0.1) is 13.2 Å². The summed E-state index contributed by atoms with van der Waals surface area (Å²) in [7, 11) is 0. The van der Waals surface area contributed by atoms with E-state index in [-0.39, 0.29) is 11.8 Å². The first-order valence-corrected chi connectivity index (χ1v) is 11.3. The van der Waals surface area contributed by atoms with E-state index in [1.54, 1.807) is 0 Å². The summed E-state index contributed by atoms with van der Waals surface area (Å²) >= 11 is 0. The van der Waals surface area contributed by atoms with Gasteiger partial charge in [-0.1, -0.05) is 24.3 Å². The Labute approximate surface area is 183 Å². The van der Waals surface area contributed by atoms with Crippen LogP contribution in [0, 0.1) is 5.92 Å². The first kappa shape index (κ1) is 20.2. The molecule has 0 bridgehead atoms. The van der Waals surface area contributed by atoms with E-state index in [0.717, 1.165) is 49.4 Å². The van der Waals surface area contributed by atoms with Crippen LogP contribution in [-0.4, -0.2) is 64.5 Å². The van der Waals surface area contributed by atoms with Gasteiger partial charge in [-0.05, 0) is 55.6 Å². The van der Waals surface area contributed by atoms with Gasteiger partial charge in [0, 0.05) is 49.7 Å². The average molecular weight is 419 g/mol. The van der Waals surface area contributed by atoms with Gasteiger partial charge in [0.2, 0.25) is 0 Å². The SMILES string of the molecule is O=C(c1ccccc1CN1CCCC1)N1CCOC[C@@H](Cc2ccc3nccn3c2)C1. The minimum atomic E-state index is 0.135. The van der Waals surface area contributed by atoms with Gasteiger partial charge in [-0.2, -0.15) is 0 Å². The van der Waals surface area contributed by atoms with Crippen LogP contribution in [0.25, 0.3) is 5.65 Å². The molecule has 0 aliphatic carbocycles. The summed E-state index contributed by atoms with van der Waals surface area (Å²) in [4.78, 5) is 22.3. The third-order valence-corrected chi connectivity index (χ3v) is 6.44. The molecule has 6 heteroatoms. The number of fused-ring (bicyclic) bond motifs is 1. The lowest BCUT2D eigenvalue weighted by atomic mass is 9.99. The van der Waals surface area contributed by atoms with Crippen molar-refractivity contribution in [3.05, 3.63) is 71.7 Å². The number of carbonyl (C=O) groups excluding carboxylic acids is 1. The molecule has 1 amide bonds. The molecule has 0 spiro atoms. The van der Waals surface area contributed by atoms with Crippen molar-refractivity contribution in [3.63, 3.8) is 0 Å². The van der Waals surface area contributed by atoms with Crippen molar-refractivity contribution >= 4 is 11.6 Å². The maximum Gasteiger partial charge on any atom is 0.254 e. The molecule has 162 valence electrons. The number of rotatable bonds is 5. The van der Waals surface area contributed by atoms with Gasteiger partial charge in [-0.15, -0.1) is 0 Å². The zero-order valence-electron chi connectivity index (χ0n) is 17.9. The van der Waals surface area contributed by atoms with E-state index in [4.69, 9.17) is 4.74 Å². The molecule has 0 N–H and O–H groups in total. The Morgan fingerprint density at radius 3 is 2.87 bits per heavy atom. The molecule has 2 saturated heterocycles. The lowest BCUT2D eigenvalue weighted by molar-refractivity contribution is 0.0735. The van der Waals surface area contributed by atoms with E-state index < -0.39 is 0 Å². The lowest BCUT2D eigenvalue weighted by Crippen LogP contribution is -2.37. The lowest BCUT2D eigenvalue weighted by Gasteiger charge is -2.25. The van der Waals surface area contributed by atoms with Gasteiger partial charge in [-0.25, -0.2) is 4.98 Å². The van der Waals surface area contributed by atoms with Crippen LogP contribution in [0.2, 0.25) is 0 Å². The molecule has 2 aromatic heterocycles. The molecule has 3 aromatic rings. The Balaban J connectivity index is 1.30. The maximum atomic E-state index is 13.5. The third kappa shape index (κ3) is 4.65. The second-order valence-electron chi connectivity index (χ2n) is 8.77. The zero-order chi connectivity index (χ0) is 21.0. The Bertz CT molecular complexity index is 1040. The number of amides is 1. The molecule has 5 rings (SSSR count). The van der Waals surface area contributed by atoms with Gasteiger partial charge in [0.15, 0.2) is 0 Å². The van der Waals surface area contributed by atoms with Crippen molar-refractivity contribution in [1.82, 2.24) is 19.2 Å². The second-order valence-corrected chi connectivity index (χ2v) is 8.77. The first-order chi connectivity index (χ1) is 15.3. The van der Waals surface area contributed by atoms with E-state index >= 15 is 0 Å². The summed E-state index contributed by atoms with van der Waals surface area (Å²) < 4.78 is 7.93. The quantitative estimate of drug-likeness (QED) is 0.638. The van der Waals surface area contributed by atoms with Crippen molar-refractivity contribution in [2.24, 2.45) is 5.92 Å². The number of imidazole rings is 1. The topological polar surface area (TPSA) is 50.1 Å². The molecule has 1 aromatic carbocycles. The summed E-state index contributed by atoms with van der Waals surface area (Å²) in [6.07, 6.45) is 9.31. The van der Waals surface area contributed by atoms with Crippen molar-refractivity contribution < 1.29 is 9.53 Å². The Kier molecular flexibility index (Phi) is 6.00. The highest BCUT2D eigenvalue weighted by atomic mass is 16.5. The molecule has 31 heavy (non-hydrogen) atoms. The highest BCUT2D eigenvalue weighted by Crippen LogP contribution is 2.20. The Hall–Kier alpha value is -2.70. The molecule has 0 radical (unpaired) electrons. The van der Waals surface area contributed by atoms with Crippen LogP contribution in [0.1, 0.15) is 34.3 Å². The smallest absolute Gasteiger partial charge is 0.254 e. The second kappa shape index (κ2) is 9.20. The summed E-state index contributed by atoms with van der Waals surface area (Å²) in [6, 6.07) is 12.3. The largest absolute Gasteiger partial charge is 0.379 e. The fourth-order valence-electron chi connectivity index (χ4n) is 4.83. The number of hydrogen-bond acceptors (Lipinski definition) is 4. The predicted molar refractivity (Wildman–Crippen MR) is 120 cm³/mol. The Morgan fingerprint density at radius 1 is 1.10 bits per heavy atom. The zero-order valence-corrected chi connectivity index (χ0v) is 17.9. The van der Waals surface area contributed by atoms with Gasteiger partial charge in [-0.3, -0.25) is 9.69 Å². The third-order valence-electron chi connectivity index (χ3n) is 6.44. The molecule has 2 aliphatic rings. The van der Waals surface area contributed by atoms with E-state index in [0.29, 0.717) is 19.8 Å². The molecule has 0 saturated carbocycles. The number of likely N-dealkylation sites (tertiary alicyclic amines) is 1. The fraction of sp³-hybridized carbons (Fsp3) is 0.440. The number of benzene rings is 1. The first-order valence-electron chi connectivity index (χ1n) is 11.3. The molecule has 1 atom stereocenters. The molecule has 2 aliphatic heterocycles. The van der Waals surface area contributed by atoms with Gasteiger partial charge >= 0.3 is 0 Å². The summed E-state index contributed by atoms with van der Waals surface area (Å²) in [5.41, 5.74) is 4.17. The molecule has 4 heterocycles. The normalized spacial score (nSPS) is 20.3. The van der Waals surface area contributed by atoms with E-state index in [1.807, 2.05) is 46.0 Å². The van der Waals surface area contributed by atoms with Crippen LogP contribution in [0.3, 0.4) is 0 Å². The van der Waals surface area contributed by atoms with Gasteiger partial charge in [0.1, 0.15) is 5.65 Å². The van der Waals surface area contributed by atoms with Crippen molar-refractivity contribution in [2.45, 2.75) is 25.8 Å². The fourth-order valence-corrected chi connectivity index (χ4v) is 4.83. The molecule has 0 unspecified atom stereocenters. The van der Waals surface area contributed by atoms with Crippen LogP contribution in [0.15, 0.2) is 55.0 Å². The molecular formula is C25H30N4O2. The van der Waals surface area contributed by atoms with Gasteiger partial charge in [0.25, 0.3) is 5.91 Å². The van der Waals surface area contributed by atoms with Crippen LogP contribution in [0.4, 0.5) is 0 Å². The maximum absolute atomic E-state index is 13.5. The number of aromatic nitrogens is 2. The van der Waals surface area contributed by atoms with E-state index in [9.17, 15) is 4.79 Å². The van der Waals surface area contributed by atoms with Crippen molar-refractivity contribution in [1.29, 1.82) is 0 Å². The van der Waals surface area contributed by atoms with Crippen LogP contribution in [0.5, 0.6) is 0 Å². The standard InChI is InChI=1S/C25H30N4O2/c30-25(23-6-2-1-5-22(23)18-27-10-3-4-11-27)29-13-14-31-19-21(17-29)15-20-7-8-24-26-9-12-28(24)16-20/h1-2,5-9,12,16,21H,3-4,10-11,13-15,17-19H2/t21-/m0/s1. The number of pyridine rings is 1. The number of hydrogen-bond donors (Lipinski definition) is 0. The summed E-state index contributed by atoms with van der Waals surface area (Å²) in [6.45, 7) is 5.76. The highest BCUT2D eigenvalue weighted by molar-refractivity contribution is 5.95. The van der Waals surface area contributed by atoms with Crippen LogP contribution in [-0.2, 0) is 17.7 Å². The van der Waals surface area contributed by atoms with Crippen LogP contribution < -0.4 is 0 Å². The summed E-state index contributed by atoms with van der Waals surface area (Å²) in [5.74, 6) is 0.411. The molecule has 6 nitrogen and oxygen atoms in total. The average Bonchev–Trinajstić information content (AvgIpc) is 3.42. The summed E-state index contributed by atoms with van der Waals surface area (Å²) in [5, 5.41) is 0. The minimum Gasteiger partial charge on any atom is -0.379 e. The Morgan fingerprint density at radius 2 is 1.97 bits per heavy atom. The monoisotopic (exact) mass is 418 g/mol. The van der Waals surface area contributed by atoms with Crippen molar-refractivity contribution in [2.75, 3.05) is 39.4 Å². The van der Waals surface area contributed by atoms with Gasteiger partial charge < -0.3 is 14.0 Å². The number of ether oxygens (including phenoxy) is 1. The predicted octanol–water partition coefficient (Wildman–Crippen LogP) is 3.26. The minimum absolute atomic E-state index is 0.135. The highest BCUT2D eigenvalue weighted by Gasteiger charge is 2.26. The molecule has 2 fully saturated rings. The van der Waals surface area contributed by atoms with Crippen LogP contribution >= 0.6 is 0 Å². The van der Waals surface area contributed by atoms with E-state index in [1.165, 1.54) is 18.4 Å².